The minimum Gasteiger partial charge on any atom is -0.372 e. The van der Waals surface area contributed by atoms with Gasteiger partial charge in [0, 0.05) is 24.3 Å². The first-order valence-electron chi connectivity index (χ1n) is 13.2. The number of unbranched alkanes of at least 4 members (excludes halogenated alkanes) is 2. The summed E-state index contributed by atoms with van der Waals surface area (Å²) in [4.78, 5) is 25.8. The van der Waals surface area contributed by atoms with Crippen LogP contribution in [-0.4, -0.2) is 34.2 Å². The summed E-state index contributed by atoms with van der Waals surface area (Å²) in [5, 5.41) is 4.77. The average molecular weight is 464 g/mol. The largest absolute Gasteiger partial charge is 0.372 e. The van der Waals surface area contributed by atoms with Crippen LogP contribution in [0.4, 0.5) is 11.4 Å². The zero-order valence-electron chi connectivity index (χ0n) is 21.9. The average Bonchev–Trinajstić information content (AvgIpc) is 3.16. The number of aliphatic imine (C=N–C) groups is 1. The molecule has 2 heterocycles. The molecule has 2 aromatic rings. The number of benzene rings is 1. The summed E-state index contributed by atoms with van der Waals surface area (Å²) in [7, 11) is 0. The summed E-state index contributed by atoms with van der Waals surface area (Å²) in [6, 6.07) is 6.41. The Morgan fingerprint density at radius 1 is 0.941 bits per heavy atom. The Bertz CT molecular complexity index is 1110. The standard InChI is InChI=1S/C28H41N5O/c1-7-12-13-16-25-26(29-23-18-17-21(19-20(23)6)32(10-4)11-5)27-30-24(15-9-3)22(14-8-2)28(34)33(27)31-25/h17-19H,7-16H2,1-6H3. The molecule has 3 rings (SSSR count). The highest BCUT2D eigenvalue weighted by Gasteiger charge is 2.28. The second-order valence-electron chi connectivity index (χ2n) is 9.08. The van der Waals surface area contributed by atoms with E-state index in [0.717, 1.165) is 98.4 Å². The Labute approximate surface area is 204 Å². The van der Waals surface area contributed by atoms with Crippen molar-refractivity contribution in [1.82, 2.24) is 9.66 Å². The van der Waals surface area contributed by atoms with E-state index in [0.29, 0.717) is 5.82 Å². The van der Waals surface area contributed by atoms with Crippen LogP contribution in [0.15, 0.2) is 33.1 Å². The first kappa shape index (κ1) is 25.9. The third-order valence-electron chi connectivity index (χ3n) is 6.49. The van der Waals surface area contributed by atoms with Crippen molar-refractivity contribution in [2.45, 2.75) is 92.9 Å². The number of aromatic nitrogens is 2. The van der Waals surface area contributed by atoms with E-state index in [1.807, 2.05) is 0 Å². The monoisotopic (exact) mass is 463 g/mol. The highest BCUT2D eigenvalue weighted by Crippen LogP contribution is 2.27. The van der Waals surface area contributed by atoms with E-state index in [1.54, 1.807) is 0 Å². The molecule has 34 heavy (non-hydrogen) atoms. The second kappa shape index (κ2) is 12.1. The van der Waals surface area contributed by atoms with Crippen LogP contribution in [0.3, 0.4) is 0 Å². The molecule has 0 N–H and O–H groups in total. The van der Waals surface area contributed by atoms with Crippen LogP contribution in [0, 0.1) is 6.92 Å². The van der Waals surface area contributed by atoms with Crippen molar-refractivity contribution in [3.05, 3.63) is 51.2 Å². The van der Waals surface area contributed by atoms with E-state index in [-0.39, 0.29) is 5.56 Å². The van der Waals surface area contributed by atoms with Crippen LogP contribution in [0.5, 0.6) is 0 Å². The SMILES string of the molecule is CCCCCC1=Nn2c(nc(CCC)c(CCC)c2=O)C1=Nc1ccc(N(CC)CC)cc1C. The molecule has 0 bridgehead atoms. The zero-order valence-corrected chi connectivity index (χ0v) is 21.9. The first-order valence-corrected chi connectivity index (χ1v) is 13.2. The lowest BCUT2D eigenvalue weighted by Crippen LogP contribution is -2.27. The van der Waals surface area contributed by atoms with Crippen molar-refractivity contribution in [2.75, 3.05) is 18.0 Å². The van der Waals surface area contributed by atoms with Crippen molar-refractivity contribution in [3.8, 4) is 0 Å². The third kappa shape index (κ3) is 5.48. The maximum absolute atomic E-state index is 13.4. The summed E-state index contributed by atoms with van der Waals surface area (Å²) in [5.41, 5.74) is 6.56. The molecule has 0 amide bonds. The smallest absolute Gasteiger partial charge is 0.277 e. The number of hydrogen-bond donors (Lipinski definition) is 0. The van der Waals surface area contributed by atoms with Gasteiger partial charge in [-0.1, -0.05) is 46.5 Å². The predicted octanol–water partition coefficient (Wildman–Crippen LogP) is 6.22. The number of hydrogen-bond acceptors (Lipinski definition) is 5. The summed E-state index contributed by atoms with van der Waals surface area (Å²) in [6.07, 6.45) is 7.51. The lowest BCUT2D eigenvalue weighted by atomic mass is 10.0. The quantitative estimate of drug-likeness (QED) is 0.351. The van der Waals surface area contributed by atoms with Gasteiger partial charge < -0.3 is 4.90 Å². The lowest BCUT2D eigenvalue weighted by Gasteiger charge is -2.21. The Kier molecular flexibility index (Phi) is 9.20. The van der Waals surface area contributed by atoms with Gasteiger partial charge in [-0.15, -0.1) is 0 Å². The first-order chi connectivity index (χ1) is 16.5. The summed E-state index contributed by atoms with van der Waals surface area (Å²) in [5.74, 6) is 0.604. The fraction of sp³-hybridized carbons (Fsp3) is 0.571. The molecule has 0 aliphatic carbocycles. The van der Waals surface area contributed by atoms with Crippen LogP contribution in [0.1, 0.15) is 95.8 Å². The van der Waals surface area contributed by atoms with Crippen molar-refractivity contribution in [1.29, 1.82) is 0 Å². The number of anilines is 1. The molecule has 1 aliphatic heterocycles. The lowest BCUT2D eigenvalue weighted by molar-refractivity contribution is 0.718. The van der Waals surface area contributed by atoms with E-state index in [2.05, 4.69) is 64.6 Å². The molecular weight excluding hydrogens is 422 g/mol. The molecular formula is C28H41N5O. The van der Waals surface area contributed by atoms with Gasteiger partial charge in [0.2, 0.25) is 0 Å². The molecule has 1 aromatic carbocycles. The van der Waals surface area contributed by atoms with Crippen LogP contribution >= 0.6 is 0 Å². The normalized spacial score (nSPS) is 13.9. The van der Waals surface area contributed by atoms with Gasteiger partial charge in [0.15, 0.2) is 5.82 Å². The summed E-state index contributed by atoms with van der Waals surface area (Å²) in [6.45, 7) is 14.8. The molecule has 1 aromatic heterocycles. The molecule has 184 valence electrons. The van der Waals surface area contributed by atoms with Crippen LogP contribution < -0.4 is 10.5 Å². The molecule has 0 unspecified atom stereocenters. The Balaban J connectivity index is 2.12. The Hall–Kier alpha value is -2.76. The summed E-state index contributed by atoms with van der Waals surface area (Å²) < 4.78 is 1.52. The molecule has 0 spiro atoms. The predicted molar refractivity (Wildman–Crippen MR) is 144 cm³/mol. The van der Waals surface area contributed by atoms with Gasteiger partial charge in [-0.3, -0.25) is 4.79 Å². The minimum atomic E-state index is -0.0258. The Morgan fingerprint density at radius 2 is 1.68 bits per heavy atom. The van der Waals surface area contributed by atoms with Crippen molar-refractivity contribution < 1.29 is 0 Å². The van der Waals surface area contributed by atoms with Crippen LogP contribution in [-0.2, 0) is 12.8 Å². The number of aryl methyl sites for hydroxylation is 2. The van der Waals surface area contributed by atoms with Gasteiger partial charge in [-0.25, -0.2) is 9.98 Å². The molecule has 0 atom stereocenters. The maximum Gasteiger partial charge on any atom is 0.277 e. The number of rotatable bonds is 12. The Morgan fingerprint density at radius 3 is 2.29 bits per heavy atom. The van der Waals surface area contributed by atoms with Gasteiger partial charge in [-0.2, -0.15) is 9.78 Å². The highest BCUT2D eigenvalue weighted by atomic mass is 16.1. The van der Waals surface area contributed by atoms with Crippen molar-refractivity contribution >= 4 is 22.8 Å². The summed E-state index contributed by atoms with van der Waals surface area (Å²) >= 11 is 0. The molecule has 1 aliphatic rings. The van der Waals surface area contributed by atoms with E-state index >= 15 is 0 Å². The molecule has 6 nitrogen and oxygen atoms in total. The van der Waals surface area contributed by atoms with Crippen LogP contribution in [0.25, 0.3) is 0 Å². The minimum absolute atomic E-state index is 0.0258. The van der Waals surface area contributed by atoms with Crippen molar-refractivity contribution in [2.24, 2.45) is 10.1 Å². The molecule has 0 fully saturated rings. The third-order valence-corrected chi connectivity index (χ3v) is 6.49. The van der Waals surface area contributed by atoms with Gasteiger partial charge in [0.05, 0.1) is 17.1 Å². The van der Waals surface area contributed by atoms with E-state index in [9.17, 15) is 4.79 Å². The molecule has 0 saturated carbocycles. The topological polar surface area (TPSA) is 62.9 Å². The highest BCUT2D eigenvalue weighted by molar-refractivity contribution is 6.49. The maximum atomic E-state index is 13.4. The zero-order chi connectivity index (χ0) is 24.7. The number of nitrogens with zero attached hydrogens (tertiary/aromatic N) is 5. The van der Waals surface area contributed by atoms with Gasteiger partial charge >= 0.3 is 0 Å². The van der Waals surface area contributed by atoms with Crippen LogP contribution in [0.2, 0.25) is 0 Å². The van der Waals surface area contributed by atoms with Gasteiger partial charge in [0.1, 0.15) is 5.71 Å². The molecule has 6 heteroatoms. The molecule has 0 radical (unpaired) electrons. The van der Waals surface area contributed by atoms with E-state index in [1.165, 1.54) is 10.4 Å². The van der Waals surface area contributed by atoms with Gasteiger partial charge in [0.25, 0.3) is 5.56 Å². The fourth-order valence-electron chi connectivity index (χ4n) is 4.57. The second-order valence-corrected chi connectivity index (χ2v) is 9.08. The number of fused-ring (bicyclic) bond motifs is 1. The van der Waals surface area contributed by atoms with E-state index < -0.39 is 0 Å². The van der Waals surface area contributed by atoms with Gasteiger partial charge in [-0.05, 0) is 70.2 Å². The van der Waals surface area contributed by atoms with E-state index in [4.69, 9.17) is 15.1 Å². The fourth-order valence-corrected chi connectivity index (χ4v) is 4.57. The molecule has 0 saturated heterocycles. The van der Waals surface area contributed by atoms with Crippen molar-refractivity contribution in [3.63, 3.8) is 0 Å².